The highest BCUT2D eigenvalue weighted by molar-refractivity contribution is 5.76. The van der Waals surface area contributed by atoms with Crippen LogP contribution < -0.4 is 16.5 Å². The van der Waals surface area contributed by atoms with Crippen molar-refractivity contribution in [2.75, 3.05) is 6.54 Å². The maximum absolute atomic E-state index is 11.6. The number of hydrogen-bond donors (Lipinski definition) is 4. The Morgan fingerprint density at radius 2 is 2.08 bits per heavy atom. The van der Waals surface area contributed by atoms with Gasteiger partial charge in [0.05, 0.1) is 13.1 Å². The molecule has 1 aliphatic carbocycles. The average Bonchev–Trinajstić information content (AvgIpc) is 3.10. The molecular formula is C17H29N5O4. The summed E-state index contributed by atoms with van der Waals surface area (Å²) in [5.41, 5.74) is 6.73. The average molecular weight is 367 g/mol. The molecule has 1 atom stereocenters. The summed E-state index contributed by atoms with van der Waals surface area (Å²) in [6, 6.07) is 0. The molecule has 1 aliphatic rings. The minimum Gasteiger partial charge on any atom is -0.369 e. The zero-order chi connectivity index (χ0) is 18.8. The van der Waals surface area contributed by atoms with Crippen molar-refractivity contribution in [3.63, 3.8) is 0 Å². The molecule has 5 N–H and O–H groups in total. The summed E-state index contributed by atoms with van der Waals surface area (Å²) < 4.78 is 5.29. The van der Waals surface area contributed by atoms with Gasteiger partial charge in [0.1, 0.15) is 0 Å². The largest absolute Gasteiger partial charge is 0.369 e. The van der Waals surface area contributed by atoms with Crippen molar-refractivity contribution >= 4 is 11.8 Å². The van der Waals surface area contributed by atoms with Gasteiger partial charge >= 0.3 is 0 Å². The minimum absolute atomic E-state index is 0.0294. The standard InChI is InChI=1S/C17H29N5O4/c18-14(23)10-19-11-15-20-17(26-22-15)13(9-16(24)21-25)8-4-7-12-5-2-1-3-6-12/h12-13,19,25H,1-11H2,(H2,18,23)(H,21,24). The molecule has 0 spiro atoms. The van der Waals surface area contributed by atoms with Gasteiger partial charge in [-0.05, 0) is 12.3 Å². The van der Waals surface area contributed by atoms with Gasteiger partial charge in [0, 0.05) is 12.3 Å². The predicted octanol–water partition coefficient (Wildman–Crippen LogP) is 1.37. The number of nitrogens with one attached hydrogen (secondary N) is 2. The van der Waals surface area contributed by atoms with Crippen LogP contribution in [0.1, 0.15) is 75.4 Å². The number of primary amides is 1. The third-order valence-electron chi connectivity index (χ3n) is 4.86. The summed E-state index contributed by atoms with van der Waals surface area (Å²) in [5, 5.41) is 15.5. The van der Waals surface area contributed by atoms with Crippen LogP contribution in [0, 0.1) is 5.92 Å². The van der Waals surface area contributed by atoms with Crippen molar-refractivity contribution < 1.29 is 19.3 Å². The number of amides is 2. The first-order valence-electron chi connectivity index (χ1n) is 9.33. The van der Waals surface area contributed by atoms with Crippen molar-refractivity contribution in [2.24, 2.45) is 11.7 Å². The molecule has 0 aromatic carbocycles. The van der Waals surface area contributed by atoms with Crippen molar-refractivity contribution in [1.29, 1.82) is 0 Å². The maximum Gasteiger partial charge on any atom is 0.244 e. The normalized spacial score (nSPS) is 16.3. The Hall–Kier alpha value is -2.00. The van der Waals surface area contributed by atoms with E-state index in [-0.39, 0.29) is 25.4 Å². The van der Waals surface area contributed by atoms with E-state index in [0.717, 1.165) is 25.2 Å². The molecule has 1 unspecified atom stereocenters. The van der Waals surface area contributed by atoms with Crippen LogP contribution in [0.4, 0.5) is 0 Å². The monoisotopic (exact) mass is 367 g/mol. The topological polar surface area (TPSA) is 143 Å². The van der Waals surface area contributed by atoms with Crippen LogP contribution in [0.3, 0.4) is 0 Å². The van der Waals surface area contributed by atoms with E-state index in [1.165, 1.54) is 32.1 Å². The maximum atomic E-state index is 11.6. The van der Waals surface area contributed by atoms with Crippen LogP contribution in [0.25, 0.3) is 0 Å². The summed E-state index contributed by atoms with van der Waals surface area (Å²) in [5.74, 6) is 0.389. The lowest BCUT2D eigenvalue weighted by Gasteiger charge is -2.22. The molecule has 0 saturated heterocycles. The van der Waals surface area contributed by atoms with Crippen molar-refractivity contribution in [2.45, 2.75) is 70.3 Å². The first-order chi connectivity index (χ1) is 12.6. The second kappa shape index (κ2) is 10.9. The molecule has 2 amide bonds. The number of hydrogen-bond acceptors (Lipinski definition) is 7. The third-order valence-corrected chi connectivity index (χ3v) is 4.86. The number of carbonyl (C=O) groups excluding carboxylic acids is 2. The fourth-order valence-electron chi connectivity index (χ4n) is 3.51. The number of hydroxylamine groups is 1. The van der Waals surface area contributed by atoms with Gasteiger partial charge in [0.2, 0.25) is 17.7 Å². The minimum atomic E-state index is -0.473. The van der Waals surface area contributed by atoms with Crippen LogP contribution in [-0.4, -0.2) is 33.7 Å². The van der Waals surface area contributed by atoms with E-state index in [4.69, 9.17) is 15.5 Å². The first kappa shape index (κ1) is 20.3. The van der Waals surface area contributed by atoms with Gasteiger partial charge in [-0.3, -0.25) is 14.8 Å². The van der Waals surface area contributed by atoms with Gasteiger partial charge < -0.3 is 15.6 Å². The van der Waals surface area contributed by atoms with Crippen LogP contribution in [-0.2, 0) is 16.1 Å². The summed E-state index contributed by atoms with van der Waals surface area (Å²) >= 11 is 0. The van der Waals surface area contributed by atoms with Gasteiger partial charge in [0.25, 0.3) is 0 Å². The van der Waals surface area contributed by atoms with Gasteiger partial charge in [-0.25, -0.2) is 5.48 Å². The second-order valence-electron chi connectivity index (χ2n) is 6.99. The zero-order valence-electron chi connectivity index (χ0n) is 15.1. The Balaban J connectivity index is 1.87. The quantitative estimate of drug-likeness (QED) is 0.341. The Morgan fingerprint density at radius 1 is 1.31 bits per heavy atom. The molecule has 9 nitrogen and oxygen atoms in total. The summed E-state index contributed by atoms with van der Waals surface area (Å²) in [6.45, 7) is 0.287. The number of aromatic nitrogens is 2. The molecule has 1 saturated carbocycles. The summed E-state index contributed by atoms with van der Waals surface area (Å²) in [6.07, 6.45) is 9.50. The molecule has 0 bridgehead atoms. The van der Waals surface area contributed by atoms with Crippen LogP contribution >= 0.6 is 0 Å². The molecular weight excluding hydrogens is 338 g/mol. The molecule has 26 heavy (non-hydrogen) atoms. The SMILES string of the molecule is NC(=O)CNCc1noc(C(CCCC2CCCCC2)CC(=O)NO)n1. The lowest BCUT2D eigenvalue weighted by atomic mass is 9.84. The predicted molar refractivity (Wildman–Crippen MR) is 92.9 cm³/mol. The van der Waals surface area contributed by atoms with E-state index in [0.29, 0.717) is 11.7 Å². The molecule has 1 heterocycles. The molecule has 0 aliphatic heterocycles. The van der Waals surface area contributed by atoms with Gasteiger partial charge in [0.15, 0.2) is 5.82 Å². The lowest BCUT2D eigenvalue weighted by Crippen LogP contribution is -2.28. The molecule has 1 aromatic rings. The molecule has 1 fully saturated rings. The second-order valence-corrected chi connectivity index (χ2v) is 6.99. The molecule has 1 aromatic heterocycles. The summed E-state index contributed by atoms with van der Waals surface area (Å²) in [7, 11) is 0. The molecule has 9 heteroatoms. The van der Waals surface area contributed by atoms with Crippen LogP contribution in [0.5, 0.6) is 0 Å². The van der Waals surface area contributed by atoms with E-state index in [1.54, 1.807) is 5.48 Å². The number of nitrogens with two attached hydrogens (primary N) is 1. The highest BCUT2D eigenvalue weighted by Gasteiger charge is 2.23. The molecule has 0 radical (unpaired) electrons. The summed E-state index contributed by atoms with van der Waals surface area (Å²) in [4.78, 5) is 26.6. The highest BCUT2D eigenvalue weighted by Crippen LogP contribution is 2.31. The van der Waals surface area contributed by atoms with Gasteiger partial charge in [-0.1, -0.05) is 50.1 Å². The first-order valence-corrected chi connectivity index (χ1v) is 9.33. The smallest absolute Gasteiger partial charge is 0.244 e. The van der Waals surface area contributed by atoms with E-state index in [9.17, 15) is 9.59 Å². The Morgan fingerprint density at radius 3 is 2.77 bits per heavy atom. The zero-order valence-corrected chi connectivity index (χ0v) is 15.1. The van der Waals surface area contributed by atoms with E-state index >= 15 is 0 Å². The van der Waals surface area contributed by atoms with E-state index < -0.39 is 11.8 Å². The van der Waals surface area contributed by atoms with Crippen molar-refractivity contribution in [3.8, 4) is 0 Å². The fourth-order valence-corrected chi connectivity index (χ4v) is 3.51. The molecule has 146 valence electrons. The third kappa shape index (κ3) is 7.09. The fraction of sp³-hybridized carbons (Fsp3) is 0.765. The number of rotatable bonds is 11. The number of carbonyl (C=O) groups is 2. The van der Waals surface area contributed by atoms with Gasteiger partial charge in [-0.2, -0.15) is 4.98 Å². The van der Waals surface area contributed by atoms with Crippen LogP contribution in [0.2, 0.25) is 0 Å². The van der Waals surface area contributed by atoms with Crippen molar-refractivity contribution in [3.05, 3.63) is 11.7 Å². The lowest BCUT2D eigenvalue weighted by molar-refractivity contribution is -0.129. The molecule has 2 rings (SSSR count). The Kier molecular flexibility index (Phi) is 8.49. The highest BCUT2D eigenvalue weighted by atomic mass is 16.5. The number of nitrogens with zero attached hydrogens (tertiary/aromatic N) is 2. The van der Waals surface area contributed by atoms with E-state index in [1.807, 2.05) is 0 Å². The van der Waals surface area contributed by atoms with E-state index in [2.05, 4.69) is 15.5 Å². The van der Waals surface area contributed by atoms with Crippen LogP contribution in [0.15, 0.2) is 4.52 Å². The Labute approximate surface area is 153 Å². The Bertz CT molecular complexity index is 571. The van der Waals surface area contributed by atoms with Crippen molar-refractivity contribution in [1.82, 2.24) is 20.9 Å². The van der Waals surface area contributed by atoms with Gasteiger partial charge in [-0.15, -0.1) is 0 Å².